The molecule has 0 aromatic heterocycles. The van der Waals surface area contributed by atoms with Crippen LogP contribution >= 0.6 is 21.2 Å². The highest BCUT2D eigenvalue weighted by atomic mass is 127. The summed E-state index contributed by atoms with van der Waals surface area (Å²) < 4.78 is 22.4. The molecular weight excluding hydrogens is 287 g/mol. The topological polar surface area (TPSA) is 34.1 Å². The van der Waals surface area contributed by atoms with E-state index in [9.17, 15) is 8.42 Å². The number of aryl methyl sites for hydroxylation is 2. The van der Waals surface area contributed by atoms with Crippen molar-refractivity contribution in [2.45, 2.75) is 18.7 Å². The normalized spacial score (nSPS) is 11.6. The molecule has 0 aliphatic carbocycles. The van der Waals surface area contributed by atoms with Gasteiger partial charge >= 0.3 is 0 Å². The molecule has 1 aromatic rings. The van der Waals surface area contributed by atoms with Crippen molar-refractivity contribution in [2.75, 3.05) is 0 Å². The van der Waals surface area contributed by atoms with E-state index >= 15 is 0 Å². The van der Waals surface area contributed by atoms with Crippen LogP contribution in [0.25, 0.3) is 0 Å². The second-order valence-corrected chi connectivity index (χ2v) is 7.50. The lowest BCUT2D eigenvalue weighted by Crippen LogP contribution is -1.93. The minimum Gasteiger partial charge on any atom is -0.213 e. The van der Waals surface area contributed by atoms with Gasteiger partial charge in [0.1, 0.15) is 0 Å². The van der Waals surface area contributed by atoms with E-state index in [2.05, 4.69) is 0 Å². The Hall–Kier alpha value is -0.100. The van der Waals surface area contributed by atoms with Gasteiger partial charge in [0.2, 0.25) is 7.01 Å². The lowest BCUT2D eigenvalue weighted by molar-refractivity contribution is 0.612. The molecule has 66 valence electrons. The Balaban J connectivity index is 3.43. The standard InChI is InChI=1S/C8H9IO2S/c1-6-3-4-7(2)8(5-6)12(9,10)11/h3-5H,1-2H3. The van der Waals surface area contributed by atoms with E-state index in [0.29, 0.717) is 4.90 Å². The van der Waals surface area contributed by atoms with Crippen molar-refractivity contribution in [3.05, 3.63) is 29.3 Å². The minimum atomic E-state index is -3.09. The first-order chi connectivity index (χ1) is 5.41. The third-order valence-electron chi connectivity index (χ3n) is 1.61. The molecule has 0 heterocycles. The number of hydrogen-bond donors (Lipinski definition) is 0. The Morgan fingerprint density at radius 2 is 1.83 bits per heavy atom. The van der Waals surface area contributed by atoms with Crippen LogP contribution in [0.5, 0.6) is 0 Å². The predicted molar refractivity (Wildman–Crippen MR) is 57.1 cm³/mol. The van der Waals surface area contributed by atoms with Crippen molar-refractivity contribution in [2.24, 2.45) is 0 Å². The second-order valence-electron chi connectivity index (χ2n) is 2.71. The molecule has 0 spiro atoms. The Kier molecular flexibility index (Phi) is 2.77. The highest BCUT2D eigenvalue weighted by Crippen LogP contribution is 2.22. The SMILES string of the molecule is Cc1ccc(C)c(S(=O)(=O)I)c1. The summed E-state index contributed by atoms with van der Waals surface area (Å²) in [5.41, 5.74) is 1.77. The Bertz CT molecular complexity index is 396. The maximum Gasteiger partial charge on any atom is 0.231 e. The quantitative estimate of drug-likeness (QED) is 0.589. The van der Waals surface area contributed by atoms with Crippen LogP contribution in [-0.4, -0.2) is 8.42 Å². The maximum absolute atomic E-state index is 11.2. The molecule has 0 amide bonds. The zero-order valence-corrected chi connectivity index (χ0v) is 9.81. The third-order valence-corrected chi connectivity index (χ3v) is 3.99. The second kappa shape index (κ2) is 3.33. The number of hydrogen-bond acceptors (Lipinski definition) is 2. The van der Waals surface area contributed by atoms with E-state index in [-0.39, 0.29) is 0 Å². The van der Waals surface area contributed by atoms with Crippen LogP contribution in [0.15, 0.2) is 23.1 Å². The maximum atomic E-state index is 11.2. The van der Waals surface area contributed by atoms with Crippen LogP contribution in [-0.2, 0) is 7.01 Å². The third kappa shape index (κ3) is 2.20. The van der Waals surface area contributed by atoms with Crippen LogP contribution < -0.4 is 0 Å². The summed E-state index contributed by atoms with van der Waals surface area (Å²) in [6.45, 7) is 3.68. The van der Waals surface area contributed by atoms with Gasteiger partial charge in [0.25, 0.3) is 0 Å². The molecule has 0 bridgehead atoms. The average molecular weight is 296 g/mol. The van der Waals surface area contributed by atoms with Crippen LogP contribution in [0.2, 0.25) is 0 Å². The summed E-state index contributed by atoms with van der Waals surface area (Å²) in [5, 5.41) is 0. The molecule has 0 aliphatic heterocycles. The summed E-state index contributed by atoms with van der Waals surface area (Å²) in [7, 11) is -3.09. The van der Waals surface area contributed by atoms with Gasteiger partial charge in [-0.3, -0.25) is 0 Å². The summed E-state index contributed by atoms with van der Waals surface area (Å²) >= 11 is 1.46. The van der Waals surface area contributed by atoms with Gasteiger partial charge in [-0.05, 0) is 31.0 Å². The lowest BCUT2D eigenvalue weighted by atomic mass is 10.2. The average Bonchev–Trinajstić information content (AvgIpc) is 1.92. The fraction of sp³-hybridized carbons (Fsp3) is 0.250. The molecule has 12 heavy (non-hydrogen) atoms. The van der Waals surface area contributed by atoms with E-state index in [4.69, 9.17) is 0 Å². The molecule has 0 saturated carbocycles. The molecule has 0 atom stereocenters. The van der Waals surface area contributed by atoms with E-state index in [1.807, 2.05) is 19.1 Å². The molecule has 0 N–H and O–H groups in total. The van der Waals surface area contributed by atoms with Gasteiger partial charge in [-0.25, -0.2) is 8.42 Å². The lowest BCUT2D eigenvalue weighted by Gasteiger charge is -2.02. The molecule has 4 heteroatoms. The zero-order chi connectivity index (χ0) is 9.35. The number of halogens is 1. The molecular formula is C8H9IO2S. The monoisotopic (exact) mass is 296 g/mol. The summed E-state index contributed by atoms with van der Waals surface area (Å²) in [5.74, 6) is 0. The fourth-order valence-corrected chi connectivity index (χ4v) is 3.17. The van der Waals surface area contributed by atoms with E-state index in [1.54, 1.807) is 13.0 Å². The largest absolute Gasteiger partial charge is 0.231 e. The Labute approximate surface area is 84.5 Å². The molecule has 0 aliphatic rings. The van der Waals surface area contributed by atoms with Gasteiger partial charge in [-0.2, -0.15) is 0 Å². The summed E-state index contributed by atoms with van der Waals surface area (Å²) in [4.78, 5) is 0.420. The van der Waals surface area contributed by atoms with Crippen LogP contribution in [0.1, 0.15) is 11.1 Å². The first-order valence-electron chi connectivity index (χ1n) is 3.43. The van der Waals surface area contributed by atoms with Crippen molar-refractivity contribution in [1.82, 2.24) is 0 Å². The van der Waals surface area contributed by atoms with Gasteiger partial charge in [0.15, 0.2) is 0 Å². The van der Waals surface area contributed by atoms with E-state index < -0.39 is 7.01 Å². The fourth-order valence-electron chi connectivity index (χ4n) is 0.970. The van der Waals surface area contributed by atoms with Crippen molar-refractivity contribution in [3.63, 3.8) is 0 Å². The van der Waals surface area contributed by atoms with Gasteiger partial charge in [-0.15, -0.1) is 0 Å². The first kappa shape index (κ1) is 9.98. The van der Waals surface area contributed by atoms with Gasteiger partial charge in [0.05, 0.1) is 26.1 Å². The summed E-state index contributed by atoms with van der Waals surface area (Å²) in [6.07, 6.45) is 0. The van der Waals surface area contributed by atoms with Gasteiger partial charge < -0.3 is 0 Å². The molecule has 0 fully saturated rings. The first-order valence-corrected chi connectivity index (χ1v) is 7.46. The highest BCUT2D eigenvalue weighted by Gasteiger charge is 2.11. The van der Waals surface area contributed by atoms with Crippen molar-refractivity contribution in [1.29, 1.82) is 0 Å². The van der Waals surface area contributed by atoms with Crippen molar-refractivity contribution in [3.8, 4) is 0 Å². The van der Waals surface area contributed by atoms with Crippen LogP contribution in [0.3, 0.4) is 0 Å². The molecule has 1 aromatic carbocycles. The summed E-state index contributed by atoms with van der Waals surface area (Å²) in [6, 6.07) is 5.42. The Morgan fingerprint density at radius 1 is 1.25 bits per heavy atom. The zero-order valence-electron chi connectivity index (χ0n) is 6.83. The van der Waals surface area contributed by atoms with Gasteiger partial charge in [-0.1, -0.05) is 12.1 Å². The molecule has 0 unspecified atom stereocenters. The molecule has 2 nitrogen and oxygen atoms in total. The minimum absolute atomic E-state index is 0.420. The highest BCUT2D eigenvalue weighted by molar-refractivity contribution is 14.2. The molecule has 0 radical (unpaired) electrons. The van der Waals surface area contributed by atoms with Crippen LogP contribution in [0.4, 0.5) is 0 Å². The van der Waals surface area contributed by atoms with Crippen molar-refractivity contribution >= 4 is 28.2 Å². The van der Waals surface area contributed by atoms with Crippen LogP contribution in [0, 0.1) is 13.8 Å². The van der Waals surface area contributed by atoms with Crippen molar-refractivity contribution < 1.29 is 8.42 Å². The van der Waals surface area contributed by atoms with E-state index in [1.165, 1.54) is 21.2 Å². The van der Waals surface area contributed by atoms with Gasteiger partial charge in [0, 0.05) is 0 Å². The Morgan fingerprint density at radius 3 is 2.25 bits per heavy atom. The van der Waals surface area contributed by atoms with E-state index in [0.717, 1.165) is 11.1 Å². The molecule has 0 saturated heterocycles. The number of rotatable bonds is 1. The number of benzene rings is 1. The predicted octanol–water partition coefficient (Wildman–Crippen LogP) is 2.43. The smallest absolute Gasteiger partial charge is 0.213 e. The molecule has 1 rings (SSSR count).